The van der Waals surface area contributed by atoms with E-state index in [1.807, 2.05) is 19.9 Å². The summed E-state index contributed by atoms with van der Waals surface area (Å²) in [6.45, 7) is 4.33. The SMILES string of the molecule is COC(=O)N[C@H](C(=O)N1CCCC1c1nc2ccc(-c3ccc(-c4ccc(OS(=O)(=O)C(F)(F)F)c5c4CCC5)c4c3CC3CCC43)cc2[nH]1)C(C)C. The number of hydrogen-bond donors (Lipinski definition) is 2. The third-order valence-corrected chi connectivity index (χ3v) is 12.6. The van der Waals surface area contributed by atoms with Crippen molar-refractivity contribution in [3.05, 3.63) is 70.5 Å². The highest BCUT2D eigenvalue weighted by Crippen LogP contribution is 2.57. The van der Waals surface area contributed by atoms with Crippen molar-refractivity contribution in [1.82, 2.24) is 20.2 Å². The zero-order valence-electron chi connectivity index (χ0n) is 29.7. The number of rotatable bonds is 8. The molecule has 3 aliphatic carbocycles. The second kappa shape index (κ2) is 13.1. The predicted octanol–water partition coefficient (Wildman–Crippen LogP) is 7.71. The number of aromatic amines is 1. The minimum absolute atomic E-state index is 0.138. The number of aromatic nitrogens is 2. The number of likely N-dealkylation sites (tertiary alicyclic amines) is 1. The van der Waals surface area contributed by atoms with Crippen LogP contribution in [0.5, 0.6) is 5.75 Å². The summed E-state index contributed by atoms with van der Waals surface area (Å²) in [4.78, 5) is 35.9. The predicted molar refractivity (Wildman–Crippen MR) is 192 cm³/mol. The number of alkyl carbamates (subject to hydrolysis) is 1. The van der Waals surface area contributed by atoms with Gasteiger partial charge in [0.05, 0.1) is 24.2 Å². The highest BCUT2D eigenvalue weighted by Gasteiger charge is 2.49. The maximum atomic E-state index is 13.7. The summed E-state index contributed by atoms with van der Waals surface area (Å²) in [6, 6.07) is 12.5. The summed E-state index contributed by atoms with van der Waals surface area (Å²) in [5, 5.41) is 2.69. The third kappa shape index (κ3) is 6.02. The summed E-state index contributed by atoms with van der Waals surface area (Å²) >= 11 is 0. The molecule has 280 valence electrons. The standard InChI is InChI=1S/C39H41F3N4O6S/c1-20(2)35(45-38(48)51-3)37(47)46-17-5-8-32(46)36-43-30-15-10-22(19-31(30)44-36)23-12-13-28(34-24-11-9-21(24)18-29(23)34)26-14-16-33(27-7-4-6-25(26)27)52-53(49,50)39(40,41)42/h10,12-16,19-21,24,32,35H,4-9,11,17-18H2,1-3H3,(H,43,44)(H,45,48)/t21?,24?,32?,35-/m0/s1. The molecule has 53 heavy (non-hydrogen) atoms. The summed E-state index contributed by atoms with van der Waals surface area (Å²) in [5.41, 5.74) is 4.18. The number of benzene rings is 3. The van der Waals surface area contributed by atoms with Crippen molar-refractivity contribution in [3.63, 3.8) is 0 Å². The molecular formula is C39H41F3N4O6S. The number of amides is 2. The normalized spacial score (nSPS) is 21.3. The Kier molecular flexibility index (Phi) is 8.74. The second-order valence-electron chi connectivity index (χ2n) is 15.0. The average molecular weight is 751 g/mol. The van der Waals surface area contributed by atoms with Crippen molar-refractivity contribution in [2.45, 2.75) is 88.7 Å². The highest BCUT2D eigenvalue weighted by molar-refractivity contribution is 7.88. The molecule has 0 radical (unpaired) electrons. The van der Waals surface area contributed by atoms with E-state index >= 15 is 0 Å². The Morgan fingerprint density at radius 2 is 1.72 bits per heavy atom. The Labute approximate surface area is 305 Å². The maximum absolute atomic E-state index is 13.7. The lowest BCUT2D eigenvalue weighted by Crippen LogP contribution is -2.51. The molecule has 14 heteroatoms. The van der Waals surface area contributed by atoms with E-state index in [4.69, 9.17) is 9.72 Å². The van der Waals surface area contributed by atoms with Gasteiger partial charge in [-0.1, -0.05) is 38.1 Å². The zero-order valence-corrected chi connectivity index (χ0v) is 30.5. The Bertz CT molecular complexity index is 2250. The smallest absolute Gasteiger partial charge is 0.453 e. The lowest BCUT2D eigenvalue weighted by molar-refractivity contribution is -0.135. The van der Waals surface area contributed by atoms with Crippen LogP contribution in [-0.4, -0.2) is 60.5 Å². The third-order valence-electron chi connectivity index (χ3n) is 11.7. The maximum Gasteiger partial charge on any atom is 0.534 e. The summed E-state index contributed by atoms with van der Waals surface area (Å²) < 4.78 is 72.7. The number of methoxy groups -OCH3 is 1. The number of carbonyl (C=O) groups is 2. The van der Waals surface area contributed by atoms with E-state index in [0.717, 1.165) is 71.0 Å². The number of nitrogens with zero attached hydrogens (tertiary/aromatic N) is 2. The van der Waals surface area contributed by atoms with E-state index in [2.05, 4.69) is 38.7 Å². The van der Waals surface area contributed by atoms with E-state index in [1.165, 1.54) is 24.3 Å². The van der Waals surface area contributed by atoms with Crippen molar-refractivity contribution in [2.75, 3.05) is 13.7 Å². The van der Waals surface area contributed by atoms with Crippen molar-refractivity contribution in [3.8, 4) is 28.0 Å². The number of H-pyrrole nitrogens is 1. The molecule has 4 atom stereocenters. The molecule has 3 aromatic carbocycles. The molecular weight excluding hydrogens is 710 g/mol. The van der Waals surface area contributed by atoms with Gasteiger partial charge in [-0.05, 0) is 132 Å². The van der Waals surface area contributed by atoms with E-state index in [-0.39, 0.29) is 23.6 Å². The minimum atomic E-state index is -5.78. The Morgan fingerprint density at radius 3 is 2.43 bits per heavy atom. The van der Waals surface area contributed by atoms with E-state index in [0.29, 0.717) is 49.0 Å². The van der Waals surface area contributed by atoms with Gasteiger partial charge in [0.1, 0.15) is 17.6 Å². The Morgan fingerprint density at radius 1 is 0.962 bits per heavy atom. The van der Waals surface area contributed by atoms with Crippen molar-refractivity contribution >= 4 is 33.2 Å². The number of hydrogen-bond acceptors (Lipinski definition) is 7. The molecule has 0 spiro atoms. The van der Waals surface area contributed by atoms with Crippen LogP contribution in [0.1, 0.15) is 86.0 Å². The van der Waals surface area contributed by atoms with Gasteiger partial charge in [-0.2, -0.15) is 21.6 Å². The first-order valence-electron chi connectivity index (χ1n) is 18.2. The molecule has 8 rings (SSSR count). The minimum Gasteiger partial charge on any atom is -0.453 e. The number of imidazole rings is 1. The lowest BCUT2D eigenvalue weighted by Gasteiger charge is -2.32. The molecule has 2 heterocycles. The fourth-order valence-corrected chi connectivity index (χ4v) is 9.47. The van der Waals surface area contributed by atoms with Crippen LogP contribution in [0.3, 0.4) is 0 Å². The number of ether oxygens (including phenoxy) is 1. The van der Waals surface area contributed by atoms with Crippen LogP contribution in [0.2, 0.25) is 0 Å². The molecule has 2 amide bonds. The molecule has 1 aliphatic heterocycles. The summed E-state index contributed by atoms with van der Waals surface area (Å²) in [6.07, 6.45) is 5.80. The number of alkyl halides is 3. The monoisotopic (exact) mass is 750 g/mol. The number of fused-ring (bicyclic) bond motifs is 5. The number of nitrogens with one attached hydrogen (secondary N) is 2. The van der Waals surface area contributed by atoms with Crippen LogP contribution in [0.15, 0.2) is 42.5 Å². The van der Waals surface area contributed by atoms with Gasteiger partial charge in [-0.3, -0.25) is 4.79 Å². The molecule has 2 fully saturated rings. The van der Waals surface area contributed by atoms with Crippen LogP contribution < -0.4 is 9.50 Å². The molecule has 1 saturated carbocycles. The van der Waals surface area contributed by atoms with E-state index < -0.39 is 27.8 Å². The molecule has 10 nitrogen and oxygen atoms in total. The molecule has 4 aromatic rings. The van der Waals surface area contributed by atoms with Gasteiger partial charge in [0.2, 0.25) is 5.91 Å². The van der Waals surface area contributed by atoms with Crippen LogP contribution in [0.25, 0.3) is 33.3 Å². The van der Waals surface area contributed by atoms with Crippen molar-refractivity contribution in [1.29, 1.82) is 0 Å². The van der Waals surface area contributed by atoms with Gasteiger partial charge in [0.15, 0.2) is 0 Å². The second-order valence-corrected chi connectivity index (χ2v) is 16.5. The molecule has 3 unspecified atom stereocenters. The van der Waals surface area contributed by atoms with E-state index in [1.54, 1.807) is 11.0 Å². The summed E-state index contributed by atoms with van der Waals surface area (Å²) in [5.74, 6) is 1.05. The first-order chi connectivity index (χ1) is 25.3. The average Bonchev–Trinajstić information content (AvgIpc) is 3.91. The van der Waals surface area contributed by atoms with Crippen LogP contribution in [-0.2, 0) is 38.9 Å². The quantitative estimate of drug-likeness (QED) is 0.139. The largest absolute Gasteiger partial charge is 0.534 e. The fourth-order valence-electron chi connectivity index (χ4n) is 8.99. The highest BCUT2D eigenvalue weighted by atomic mass is 32.2. The van der Waals surface area contributed by atoms with Crippen molar-refractivity contribution < 1.29 is 40.1 Å². The summed E-state index contributed by atoms with van der Waals surface area (Å²) in [7, 11) is -4.51. The Hall–Kier alpha value is -4.59. The van der Waals surface area contributed by atoms with Crippen molar-refractivity contribution in [2.24, 2.45) is 11.8 Å². The molecule has 2 N–H and O–H groups in total. The van der Waals surface area contributed by atoms with Gasteiger partial charge < -0.3 is 24.1 Å². The van der Waals surface area contributed by atoms with Crippen LogP contribution in [0, 0.1) is 11.8 Å². The van der Waals surface area contributed by atoms with Gasteiger partial charge in [-0.25, -0.2) is 9.78 Å². The molecule has 4 aliphatic rings. The molecule has 0 bridgehead atoms. The molecule has 1 saturated heterocycles. The lowest BCUT2D eigenvalue weighted by atomic mass is 9.72. The topological polar surface area (TPSA) is 131 Å². The van der Waals surface area contributed by atoms with E-state index in [9.17, 15) is 31.2 Å². The molecule has 1 aromatic heterocycles. The first-order valence-corrected chi connectivity index (χ1v) is 19.6. The number of halogens is 3. The van der Waals surface area contributed by atoms with Gasteiger partial charge >= 0.3 is 21.7 Å². The van der Waals surface area contributed by atoms with Gasteiger partial charge in [0.25, 0.3) is 0 Å². The van der Waals surface area contributed by atoms with Crippen LogP contribution >= 0.6 is 0 Å². The number of carbonyl (C=O) groups excluding carboxylic acids is 2. The Balaban J connectivity index is 1.12. The fraction of sp³-hybridized carbons (Fsp3) is 0.462. The first kappa shape index (κ1) is 35.4. The van der Waals surface area contributed by atoms with Gasteiger partial charge in [-0.15, -0.1) is 0 Å². The van der Waals surface area contributed by atoms with Crippen LogP contribution in [0.4, 0.5) is 18.0 Å². The zero-order chi connectivity index (χ0) is 37.4. The van der Waals surface area contributed by atoms with Gasteiger partial charge in [0, 0.05) is 6.54 Å².